The molecule has 0 unspecified atom stereocenters. The molecule has 0 bridgehead atoms. The predicted octanol–water partition coefficient (Wildman–Crippen LogP) is 3.45. The Morgan fingerprint density at radius 3 is 2.81 bits per heavy atom. The van der Waals surface area contributed by atoms with Crippen LogP contribution >= 0.6 is 11.6 Å². The lowest BCUT2D eigenvalue weighted by Gasteiger charge is -2.39. The molecule has 4 rings (SSSR count). The number of anilines is 1. The molecule has 6 nitrogen and oxygen atoms in total. The number of benzene rings is 1. The summed E-state index contributed by atoms with van der Waals surface area (Å²) in [7, 11) is 1.56. The summed E-state index contributed by atoms with van der Waals surface area (Å²) in [6.45, 7) is 0.109. The van der Waals surface area contributed by atoms with Crippen LogP contribution < -0.4 is 5.01 Å². The lowest BCUT2D eigenvalue weighted by Crippen LogP contribution is -2.49. The zero-order valence-corrected chi connectivity index (χ0v) is 14.8. The van der Waals surface area contributed by atoms with E-state index < -0.39 is 17.6 Å². The number of halogens is 4. The molecule has 0 fully saturated rings. The molecule has 0 radical (unpaired) electrons. The maximum atomic E-state index is 13.2. The molecule has 1 aliphatic heterocycles. The first kappa shape index (κ1) is 17.6. The minimum Gasteiger partial charge on any atom is -0.285 e. The lowest BCUT2D eigenvalue weighted by atomic mass is 9.99. The molecule has 10 heteroatoms. The summed E-state index contributed by atoms with van der Waals surface area (Å²) in [6, 6.07) is 5.47. The molecular weight excluding hydrogens is 383 g/mol. The quantitative estimate of drug-likeness (QED) is 0.633. The van der Waals surface area contributed by atoms with Gasteiger partial charge < -0.3 is 0 Å². The zero-order valence-electron chi connectivity index (χ0n) is 14.0. The van der Waals surface area contributed by atoms with Crippen LogP contribution in [0.15, 0.2) is 36.7 Å². The van der Waals surface area contributed by atoms with Crippen molar-refractivity contribution >= 4 is 28.8 Å². The highest BCUT2D eigenvalue weighted by atomic mass is 35.5. The average Bonchev–Trinajstić information content (AvgIpc) is 3.03. The summed E-state index contributed by atoms with van der Waals surface area (Å²) in [6.07, 6.45) is -1.39. The summed E-state index contributed by atoms with van der Waals surface area (Å²) < 4.78 is 41.1. The smallest absolute Gasteiger partial charge is 0.285 e. The largest absolute Gasteiger partial charge is 0.416 e. The molecular formula is C17H13ClF3N5O. The SMILES string of the molecule is CN1c2cccc(C(F)(F)F)c2CCN1C(=O)c1cc2ncc(Cl)cn2n1. The fraction of sp³-hybridized carbons (Fsp3) is 0.235. The third-order valence-corrected chi connectivity index (χ3v) is 4.67. The molecule has 2 aromatic heterocycles. The first-order valence-electron chi connectivity index (χ1n) is 8.01. The Hall–Kier alpha value is -2.81. The van der Waals surface area contributed by atoms with Crippen LogP contribution in [0.5, 0.6) is 0 Å². The highest BCUT2D eigenvalue weighted by Crippen LogP contribution is 2.38. The van der Waals surface area contributed by atoms with E-state index in [-0.39, 0.29) is 24.2 Å². The van der Waals surface area contributed by atoms with Crippen molar-refractivity contribution in [2.45, 2.75) is 12.6 Å². The molecule has 0 saturated heterocycles. The maximum Gasteiger partial charge on any atom is 0.416 e. The fourth-order valence-corrected chi connectivity index (χ4v) is 3.37. The monoisotopic (exact) mass is 395 g/mol. The van der Waals surface area contributed by atoms with Gasteiger partial charge in [0.05, 0.1) is 22.5 Å². The molecule has 0 atom stereocenters. The van der Waals surface area contributed by atoms with Crippen LogP contribution in [0.1, 0.15) is 21.6 Å². The molecule has 0 spiro atoms. The Balaban J connectivity index is 1.68. The van der Waals surface area contributed by atoms with Crippen molar-refractivity contribution in [3.8, 4) is 0 Å². The second-order valence-corrected chi connectivity index (χ2v) is 6.54. The van der Waals surface area contributed by atoms with Gasteiger partial charge >= 0.3 is 6.18 Å². The van der Waals surface area contributed by atoms with Gasteiger partial charge in [-0.3, -0.25) is 9.80 Å². The van der Waals surface area contributed by atoms with Crippen molar-refractivity contribution in [1.82, 2.24) is 19.6 Å². The number of carbonyl (C=O) groups excluding carboxylic acids is 1. The maximum absolute atomic E-state index is 13.2. The van der Waals surface area contributed by atoms with Crippen molar-refractivity contribution in [2.24, 2.45) is 0 Å². The Bertz CT molecular complexity index is 1050. The van der Waals surface area contributed by atoms with Crippen molar-refractivity contribution in [3.63, 3.8) is 0 Å². The summed E-state index contributed by atoms with van der Waals surface area (Å²) in [5.41, 5.74) is 0.425. The topological polar surface area (TPSA) is 53.7 Å². The number of fused-ring (bicyclic) bond motifs is 2. The number of hydrogen-bond acceptors (Lipinski definition) is 4. The fourth-order valence-electron chi connectivity index (χ4n) is 3.23. The van der Waals surface area contributed by atoms with E-state index in [9.17, 15) is 18.0 Å². The lowest BCUT2D eigenvalue weighted by molar-refractivity contribution is -0.138. The Morgan fingerprint density at radius 2 is 2.07 bits per heavy atom. The molecule has 1 amide bonds. The number of hydrogen-bond donors (Lipinski definition) is 0. The van der Waals surface area contributed by atoms with Gasteiger partial charge in [-0.25, -0.2) is 14.5 Å². The van der Waals surface area contributed by atoms with E-state index in [4.69, 9.17) is 11.6 Å². The van der Waals surface area contributed by atoms with Gasteiger partial charge in [0.2, 0.25) is 0 Å². The highest BCUT2D eigenvalue weighted by molar-refractivity contribution is 6.30. The number of alkyl halides is 3. The van der Waals surface area contributed by atoms with E-state index in [0.29, 0.717) is 16.4 Å². The van der Waals surface area contributed by atoms with Gasteiger partial charge in [0.1, 0.15) is 0 Å². The molecule has 140 valence electrons. The molecule has 1 aliphatic rings. The summed E-state index contributed by atoms with van der Waals surface area (Å²) in [5, 5.41) is 7.33. The second kappa shape index (κ2) is 6.12. The van der Waals surface area contributed by atoms with Gasteiger partial charge in [0.15, 0.2) is 11.3 Å². The van der Waals surface area contributed by atoms with Crippen LogP contribution in [0.3, 0.4) is 0 Å². The van der Waals surface area contributed by atoms with Crippen molar-refractivity contribution < 1.29 is 18.0 Å². The van der Waals surface area contributed by atoms with Crippen LogP contribution in [0, 0.1) is 0 Å². The summed E-state index contributed by atoms with van der Waals surface area (Å²) in [4.78, 5) is 17.0. The molecule has 0 N–H and O–H groups in total. The van der Waals surface area contributed by atoms with Crippen molar-refractivity contribution in [1.29, 1.82) is 0 Å². The number of carbonyl (C=O) groups is 1. The van der Waals surface area contributed by atoms with Gasteiger partial charge in [0, 0.05) is 25.9 Å². The average molecular weight is 396 g/mol. The third-order valence-electron chi connectivity index (χ3n) is 4.48. The van der Waals surface area contributed by atoms with Crippen molar-refractivity contribution in [2.75, 3.05) is 18.6 Å². The van der Waals surface area contributed by atoms with Gasteiger partial charge in [-0.15, -0.1) is 0 Å². The van der Waals surface area contributed by atoms with Crippen LogP contribution in [0.4, 0.5) is 18.9 Å². The van der Waals surface area contributed by atoms with Gasteiger partial charge in [-0.2, -0.15) is 18.3 Å². The number of rotatable bonds is 1. The third kappa shape index (κ3) is 2.97. The van der Waals surface area contributed by atoms with E-state index >= 15 is 0 Å². The number of nitrogens with zero attached hydrogens (tertiary/aromatic N) is 5. The minimum atomic E-state index is -4.44. The van der Waals surface area contributed by atoms with Gasteiger partial charge in [-0.1, -0.05) is 17.7 Å². The van der Waals surface area contributed by atoms with Crippen molar-refractivity contribution in [3.05, 3.63) is 58.5 Å². The van der Waals surface area contributed by atoms with E-state index in [1.54, 1.807) is 13.1 Å². The number of aromatic nitrogens is 3. The Morgan fingerprint density at radius 1 is 1.30 bits per heavy atom. The van der Waals surface area contributed by atoms with E-state index in [1.165, 1.54) is 39.1 Å². The van der Waals surface area contributed by atoms with Gasteiger partial charge in [0.25, 0.3) is 5.91 Å². The molecule has 1 aromatic carbocycles. The second-order valence-electron chi connectivity index (χ2n) is 6.11. The first-order chi connectivity index (χ1) is 12.8. The molecule has 0 saturated carbocycles. The number of amides is 1. The molecule has 27 heavy (non-hydrogen) atoms. The van der Waals surface area contributed by atoms with Crippen LogP contribution in [-0.2, 0) is 12.6 Å². The van der Waals surface area contributed by atoms with E-state index in [0.717, 1.165) is 6.07 Å². The van der Waals surface area contributed by atoms with Crippen LogP contribution in [-0.4, -0.2) is 39.1 Å². The molecule has 3 aromatic rings. The van der Waals surface area contributed by atoms with Gasteiger partial charge in [-0.05, 0) is 24.1 Å². The highest BCUT2D eigenvalue weighted by Gasteiger charge is 2.37. The summed E-state index contributed by atoms with van der Waals surface area (Å²) >= 11 is 5.87. The first-order valence-corrected chi connectivity index (χ1v) is 8.39. The molecule has 3 heterocycles. The predicted molar refractivity (Wildman–Crippen MR) is 92.6 cm³/mol. The molecule has 0 aliphatic carbocycles. The van der Waals surface area contributed by atoms with E-state index in [1.807, 2.05) is 0 Å². The van der Waals surface area contributed by atoms with Crippen LogP contribution in [0.2, 0.25) is 5.02 Å². The summed E-state index contributed by atoms with van der Waals surface area (Å²) in [5.74, 6) is -0.429. The number of hydrazine groups is 1. The normalized spacial score (nSPS) is 14.6. The zero-order chi connectivity index (χ0) is 19.3. The standard InChI is InChI=1S/C17H13ClF3N5O/c1-24-14-4-2-3-12(17(19,20)21)11(14)5-6-26(24)16(27)13-7-15-22-8-10(18)9-25(15)23-13/h2-4,7-9H,5-6H2,1H3. The van der Waals surface area contributed by atoms with Crippen LogP contribution in [0.25, 0.3) is 5.65 Å². The minimum absolute atomic E-state index is 0.0958. The Labute approximate surface area is 156 Å². The Kier molecular flexibility index (Phi) is 3.99. The van der Waals surface area contributed by atoms with E-state index in [2.05, 4.69) is 10.1 Å².